The molecule has 0 aliphatic carbocycles. The Balaban J connectivity index is 2.50. The first-order chi connectivity index (χ1) is 6.76. The van der Waals surface area contributed by atoms with E-state index < -0.39 is 0 Å². The second-order valence-corrected chi connectivity index (χ2v) is 3.87. The third-order valence-corrected chi connectivity index (χ3v) is 2.59. The fourth-order valence-corrected chi connectivity index (χ4v) is 1.24. The van der Waals surface area contributed by atoms with Crippen LogP contribution in [0.2, 0.25) is 0 Å². The molecule has 0 saturated carbocycles. The number of hydrogen-bond donors (Lipinski definition) is 0. The second kappa shape index (κ2) is 5.92. The van der Waals surface area contributed by atoms with Gasteiger partial charge in [0.1, 0.15) is 5.75 Å². The summed E-state index contributed by atoms with van der Waals surface area (Å²) in [5.41, 5.74) is 1.10. The van der Waals surface area contributed by atoms with Crippen molar-refractivity contribution in [2.24, 2.45) is 5.92 Å². The molecule has 1 rings (SSSR count). The molecule has 14 heavy (non-hydrogen) atoms. The molecule has 0 aliphatic rings. The van der Waals surface area contributed by atoms with E-state index in [0.29, 0.717) is 11.8 Å². The maximum absolute atomic E-state index is 5.73. The SMILES string of the molecule is CCC(C)COc1cccc(CCl)c1. The van der Waals surface area contributed by atoms with Crippen LogP contribution in [0.25, 0.3) is 0 Å². The highest BCUT2D eigenvalue weighted by molar-refractivity contribution is 6.17. The first kappa shape index (κ1) is 11.4. The number of benzene rings is 1. The van der Waals surface area contributed by atoms with Crippen LogP contribution in [0.15, 0.2) is 24.3 Å². The zero-order valence-electron chi connectivity index (χ0n) is 8.79. The maximum Gasteiger partial charge on any atom is 0.119 e. The predicted octanol–water partition coefficient (Wildman–Crippen LogP) is 3.85. The Kier molecular flexibility index (Phi) is 4.81. The van der Waals surface area contributed by atoms with Crippen LogP contribution in [0.5, 0.6) is 5.75 Å². The summed E-state index contributed by atoms with van der Waals surface area (Å²) >= 11 is 5.73. The molecule has 0 heterocycles. The Bertz CT molecular complexity index is 273. The summed E-state index contributed by atoms with van der Waals surface area (Å²) in [5, 5.41) is 0. The second-order valence-electron chi connectivity index (χ2n) is 3.61. The lowest BCUT2D eigenvalue weighted by molar-refractivity contribution is 0.256. The summed E-state index contributed by atoms with van der Waals surface area (Å²) in [4.78, 5) is 0. The molecule has 0 saturated heterocycles. The van der Waals surface area contributed by atoms with Crippen LogP contribution < -0.4 is 4.74 Å². The van der Waals surface area contributed by atoms with E-state index in [1.807, 2.05) is 24.3 Å². The lowest BCUT2D eigenvalue weighted by atomic mass is 10.1. The summed E-state index contributed by atoms with van der Waals surface area (Å²) in [7, 11) is 0. The van der Waals surface area contributed by atoms with Gasteiger partial charge in [0, 0.05) is 5.88 Å². The standard InChI is InChI=1S/C12H17ClO/c1-3-10(2)9-14-12-6-4-5-11(7-12)8-13/h4-7,10H,3,8-9H2,1-2H3. The van der Waals surface area contributed by atoms with E-state index in [1.165, 1.54) is 0 Å². The fourth-order valence-electron chi connectivity index (χ4n) is 1.07. The van der Waals surface area contributed by atoms with Gasteiger partial charge in [-0.3, -0.25) is 0 Å². The molecule has 0 spiro atoms. The molecule has 1 aromatic rings. The summed E-state index contributed by atoms with van der Waals surface area (Å²) in [6.45, 7) is 5.14. The number of rotatable bonds is 5. The number of halogens is 1. The number of alkyl halides is 1. The van der Waals surface area contributed by atoms with Gasteiger partial charge < -0.3 is 4.74 Å². The normalized spacial score (nSPS) is 12.5. The van der Waals surface area contributed by atoms with Gasteiger partial charge in [0.25, 0.3) is 0 Å². The molecular weight excluding hydrogens is 196 g/mol. The zero-order chi connectivity index (χ0) is 10.4. The zero-order valence-corrected chi connectivity index (χ0v) is 9.55. The van der Waals surface area contributed by atoms with Gasteiger partial charge in [-0.05, 0) is 23.6 Å². The average Bonchev–Trinajstić information content (AvgIpc) is 2.26. The van der Waals surface area contributed by atoms with E-state index in [2.05, 4.69) is 13.8 Å². The van der Waals surface area contributed by atoms with Crippen molar-refractivity contribution in [2.75, 3.05) is 6.61 Å². The highest BCUT2D eigenvalue weighted by Crippen LogP contribution is 2.16. The third kappa shape index (κ3) is 3.59. The minimum absolute atomic E-state index is 0.542. The van der Waals surface area contributed by atoms with E-state index >= 15 is 0 Å². The van der Waals surface area contributed by atoms with Gasteiger partial charge in [0.15, 0.2) is 0 Å². The van der Waals surface area contributed by atoms with Crippen LogP contribution in [-0.4, -0.2) is 6.61 Å². The molecule has 1 atom stereocenters. The van der Waals surface area contributed by atoms with Crippen molar-refractivity contribution in [3.8, 4) is 5.75 Å². The van der Waals surface area contributed by atoms with Crippen molar-refractivity contribution in [2.45, 2.75) is 26.1 Å². The van der Waals surface area contributed by atoms with Crippen LogP contribution >= 0.6 is 11.6 Å². The van der Waals surface area contributed by atoms with Gasteiger partial charge in [-0.2, -0.15) is 0 Å². The molecule has 1 unspecified atom stereocenters. The van der Waals surface area contributed by atoms with Crippen molar-refractivity contribution in [1.29, 1.82) is 0 Å². The van der Waals surface area contributed by atoms with Gasteiger partial charge in [0.2, 0.25) is 0 Å². The van der Waals surface area contributed by atoms with Crippen molar-refractivity contribution in [3.63, 3.8) is 0 Å². The molecule has 0 radical (unpaired) electrons. The summed E-state index contributed by atoms with van der Waals surface area (Å²) in [5.74, 6) is 2.07. The number of ether oxygens (including phenoxy) is 1. The van der Waals surface area contributed by atoms with E-state index in [0.717, 1.165) is 24.3 Å². The molecule has 0 aliphatic heterocycles. The van der Waals surface area contributed by atoms with Crippen molar-refractivity contribution in [3.05, 3.63) is 29.8 Å². The quantitative estimate of drug-likeness (QED) is 0.674. The smallest absolute Gasteiger partial charge is 0.119 e. The summed E-state index contributed by atoms with van der Waals surface area (Å²) in [6, 6.07) is 7.95. The van der Waals surface area contributed by atoms with Crippen LogP contribution in [-0.2, 0) is 5.88 Å². The van der Waals surface area contributed by atoms with Crippen molar-refractivity contribution in [1.82, 2.24) is 0 Å². The first-order valence-electron chi connectivity index (χ1n) is 5.04. The molecule has 0 fully saturated rings. The molecular formula is C12H17ClO. The van der Waals surface area contributed by atoms with Gasteiger partial charge >= 0.3 is 0 Å². The Hall–Kier alpha value is -0.690. The Morgan fingerprint density at radius 2 is 2.21 bits per heavy atom. The van der Waals surface area contributed by atoms with Crippen LogP contribution in [0.4, 0.5) is 0 Å². The van der Waals surface area contributed by atoms with Gasteiger partial charge in [0.05, 0.1) is 6.61 Å². The monoisotopic (exact) mass is 212 g/mol. The highest BCUT2D eigenvalue weighted by Gasteiger charge is 2.00. The van der Waals surface area contributed by atoms with Crippen molar-refractivity contribution >= 4 is 11.6 Å². The van der Waals surface area contributed by atoms with Crippen LogP contribution in [0.3, 0.4) is 0 Å². The maximum atomic E-state index is 5.73. The van der Waals surface area contributed by atoms with E-state index in [9.17, 15) is 0 Å². The van der Waals surface area contributed by atoms with E-state index in [-0.39, 0.29) is 0 Å². The summed E-state index contributed by atoms with van der Waals surface area (Å²) in [6.07, 6.45) is 1.15. The average molecular weight is 213 g/mol. The van der Waals surface area contributed by atoms with Gasteiger partial charge in [-0.1, -0.05) is 32.4 Å². The molecule has 78 valence electrons. The van der Waals surface area contributed by atoms with Crippen LogP contribution in [0, 0.1) is 5.92 Å². The molecule has 0 aromatic heterocycles. The summed E-state index contributed by atoms with van der Waals surface area (Å²) < 4.78 is 5.64. The van der Waals surface area contributed by atoms with Gasteiger partial charge in [-0.15, -0.1) is 11.6 Å². The molecule has 1 nitrogen and oxygen atoms in total. The fraction of sp³-hybridized carbons (Fsp3) is 0.500. The molecule has 1 aromatic carbocycles. The molecule has 0 amide bonds. The Labute approximate surface area is 91.0 Å². The largest absolute Gasteiger partial charge is 0.493 e. The third-order valence-electron chi connectivity index (χ3n) is 2.28. The molecule has 2 heteroatoms. The van der Waals surface area contributed by atoms with Crippen LogP contribution in [0.1, 0.15) is 25.8 Å². The Morgan fingerprint density at radius 1 is 1.43 bits per heavy atom. The van der Waals surface area contributed by atoms with E-state index in [1.54, 1.807) is 0 Å². The lowest BCUT2D eigenvalue weighted by Gasteiger charge is -2.11. The van der Waals surface area contributed by atoms with Gasteiger partial charge in [-0.25, -0.2) is 0 Å². The predicted molar refractivity (Wildman–Crippen MR) is 60.9 cm³/mol. The minimum atomic E-state index is 0.542. The first-order valence-corrected chi connectivity index (χ1v) is 5.57. The molecule has 0 N–H and O–H groups in total. The van der Waals surface area contributed by atoms with E-state index in [4.69, 9.17) is 16.3 Å². The number of hydrogen-bond acceptors (Lipinski definition) is 1. The highest BCUT2D eigenvalue weighted by atomic mass is 35.5. The molecule has 0 bridgehead atoms. The topological polar surface area (TPSA) is 9.23 Å². The Morgan fingerprint density at radius 3 is 2.86 bits per heavy atom. The minimum Gasteiger partial charge on any atom is -0.493 e. The van der Waals surface area contributed by atoms with Crippen molar-refractivity contribution < 1.29 is 4.74 Å². The lowest BCUT2D eigenvalue weighted by Crippen LogP contribution is -2.07.